The lowest BCUT2D eigenvalue weighted by Gasteiger charge is -2.44. The largest absolute Gasteiger partial charge is 0.485 e. The van der Waals surface area contributed by atoms with Crippen molar-refractivity contribution in [3.63, 3.8) is 0 Å². The van der Waals surface area contributed by atoms with Gasteiger partial charge in [0.05, 0.1) is 11.6 Å². The minimum atomic E-state index is -1.03. The first-order chi connectivity index (χ1) is 10.4. The summed E-state index contributed by atoms with van der Waals surface area (Å²) >= 11 is 0. The Bertz CT molecular complexity index is 699. The zero-order valence-corrected chi connectivity index (χ0v) is 12.6. The van der Waals surface area contributed by atoms with Gasteiger partial charge >= 0.3 is 0 Å². The highest BCUT2D eigenvalue weighted by Gasteiger charge is 2.46. The van der Waals surface area contributed by atoms with Crippen molar-refractivity contribution < 1.29 is 9.84 Å². The molecule has 0 saturated heterocycles. The number of guanidine groups is 1. The number of hydrogen-bond donors (Lipinski definition) is 2. The Morgan fingerprint density at radius 2 is 2.14 bits per heavy atom. The molecule has 2 rings (SSSR count). The molecule has 2 atom stereocenters. The van der Waals surface area contributed by atoms with E-state index in [1.54, 1.807) is 32.0 Å². The minimum Gasteiger partial charge on any atom is -0.485 e. The average molecular weight is 299 g/mol. The number of aliphatic imine (C=N–C) groups is 1. The Balaban J connectivity index is 2.66. The van der Waals surface area contributed by atoms with Crippen molar-refractivity contribution in [1.29, 1.82) is 10.5 Å². The molecule has 1 aliphatic rings. The van der Waals surface area contributed by atoms with Gasteiger partial charge in [-0.3, -0.25) is 4.99 Å². The van der Waals surface area contributed by atoms with Crippen LogP contribution in [0.4, 0.5) is 0 Å². The normalized spacial score (nSPS) is 22.7. The van der Waals surface area contributed by atoms with Gasteiger partial charge < -0.3 is 15.6 Å². The van der Waals surface area contributed by atoms with Gasteiger partial charge in [-0.15, -0.1) is 0 Å². The van der Waals surface area contributed by atoms with E-state index in [0.29, 0.717) is 16.9 Å². The topological polar surface area (TPSA) is 119 Å². The summed E-state index contributed by atoms with van der Waals surface area (Å²) in [4.78, 5) is 4.95. The second-order valence-corrected chi connectivity index (χ2v) is 5.51. The second kappa shape index (κ2) is 5.55. The zero-order chi connectivity index (χ0) is 16.5. The van der Waals surface area contributed by atoms with Gasteiger partial charge in [0, 0.05) is 12.6 Å². The monoisotopic (exact) mass is 299 g/mol. The van der Waals surface area contributed by atoms with Crippen LogP contribution in [0.5, 0.6) is 5.75 Å². The Kier molecular flexibility index (Phi) is 3.94. The molecule has 0 bridgehead atoms. The van der Waals surface area contributed by atoms with Crippen LogP contribution in [0.3, 0.4) is 0 Å². The van der Waals surface area contributed by atoms with E-state index in [1.807, 2.05) is 12.3 Å². The number of benzene rings is 1. The molecule has 1 aromatic carbocycles. The van der Waals surface area contributed by atoms with Crippen LogP contribution in [0.15, 0.2) is 23.2 Å². The fourth-order valence-corrected chi connectivity index (χ4v) is 2.48. The number of nitriles is 2. The molecular formula is C15H17N5O2. The van der Waals surface area contributed by atoms with Crippen LogP contribution < -0.4 is 10.5 Å². The summed E-state index contributed by atoms with van der Waals surface area (Å²) in [6, 6.07) is 6.12. The van der Waals surface area contributed by atoms with Crippen LogP contribution in [0, 0.1) is 22.8 Å². The average Bonchev–Trinajstić information content (AvgIpc) is 2.50. The molecule has 0 aliphatic carbocycles. The molecule has 1 aromatic rings. The number of rotatable bonds is 1. The van der Waals surface area contributed by atoms with E-state index >= 15 is 0 Å². The third-order valence-electron chi connectivity index (χ3n) is 3.70. The van der Waals surface area contributed by atoms with E-state index in [0.717, 1.165) is 4.90 Å². The molecule has 3 N–H and O–H groups in total. The van der Waals surface area contributed by atoms with Crippen LogP contribution in [0.25, 0.3) is 0 Å². The van der Waals surface area contributed by atoms with Gasteiger partial charge in [0.15, 0.2) is 6.19 Å². The predicted octanol–water partition coefficient (Wildman–Crippen LogP) is 0.859. The molecule has 1 aliphatic heterocycles. The van der Waals surface area contributed by atoms with Gasteiger partial charge in [0.2, 0.25) is 5.96 Å². The quantitative estimate of drug-likeness (QED) is 0.343. The summed E-state index contributed by atoms with van der Waals surface area (Å²) in [6.07, 6.45) is 0.915. The minimum absolute atomic E-state index is 0.0161. The summed E-state index contributed by atoms with van der Waals surface area (Å²) in [6.45, 7) is 3.45. The standard InChI is InChI=1S/C15H17N5O2/c1-15(2)13(21)12(20(8-17)14(18)19-3)10-6-9(7-16)4-5-11(10)22-15/h4-6,12-13,21H,1-3H3,(H2,18,19). The maximum Gasteiger partial charge on any atom is 0.205 e. The molecule has 0 amide bonds. The van der Waals surface area contributed by atoms with E-state index in [1.165, 1.54) is 7.05 Å². The van der Waals surface area contributed by atoms with E-state index in [2.05, 4.69) is 4.99 Å². The molecule has 1 heterocycles. The number of nitrogens with two attached hydrogens (primary N) is 1. The van der Waals surface area contributed by atoms with E-state index < -0.39 is 17.7 Å². The number of ether oxygens (including phenoxy) is 1. The summed E-state index contributed by atoms with van der Waals surface area (Å²) in [5.41, 5.74) is 5.79. The first kappa shape index (κ1) is 15.6. The SMILES string of the molecule is CN=C(N)N(C#N)C1c2cc(C#N)ccc2OC(C)(C)C1O. The molecule has 0 spiro atoms. The van der Waals surface area contributed by atoms with Crippen molar-refractivity contribution in [2.24, 2.45) is 10.7 Å². The highest BCUT2D eigenvalue weighted by molar-refractivity contribution is 5.80. The number of aliphatic hydroxyl groups excluding tert-OH is 1. The fourth-order valence-electron chi connectivity index (χ4n) is 2.48. The van der Waals surface area contributed by atoms with Crippen molar-refractivity contribution in [3.8, 4) is 18.0 Å². The highest BCUT2D eigenvalue weighted by atomic mass is 16.5. The lowest BCUT2D eigenvalue weighted by atomic mass is 9.85. The summed E-state index contributed by atoms with van der Waals surface area (Å²) in [5, 5.41) is 29.1. The Hall–Kier alpha value is -2.77. The van der Waals surface area contributed by atoms with E-state index in [-0.39, 0.29) is 5.96 Å². The fraction of sp³-hybridized carbons (Fsp3) is 0.400. The molecule has 0 aromatic heterocycles. The molecule has 0 fully saturated rings. The van der Waals surface area contributed by atoms with Crippen LogP contribution in [-0.2, 0) is 0 Å². The predicted molar refractivity (Wildman–Crippen MR) is 79.6 cm³/mol. The molecule has 114 valence electrons. The molecule has 7 heteroatoms. The molecule has 22 heavy (non-hydrogen) atoms. The molecule has 0 radical (unpaired) electrons. The molecular weight excluding hydrogens is 282 g/mol. The van der Waals surface area contributed by atoms with Gasteiger partial charge in [-0.1, -0.05) is 0 Å². The molecule has 0 saturated carbocycles. The summed E-state index contributed by atoms with van der Waals surface area (Å²) in [7, 11) is 1.46. The summed E-state index contributed by atoms with van der Waals surface area (Å²) in [5.74, 6) is 0.487. The number of fused-ring (bicyclic) bond motifs is 1. The Morgan fingerprint density at radius 1 is 1.45 bits per heavy atom. The van der Waals surface area contributed by atoms with Gasteiger partial charge in [-0.25, -0.2) is 4.90 Å². The van der Waals surface area contributed by atoms with Crippen molar-refractivity contribution in [3.05, 3.63) is 29.3 Å². The molecule has 7 nitrogen and oxygen atoms in total. The third kappa shape index (κ3) is 2.43. The van der Waals surface area contributed by atoms with Crippen molar-refractivity contribution in [2.45, 2.75) is 31.6 Å². The zero-order valence-electron chi connectivity index (χ0n) is 12.6. The Labute approximate surface area is 128 Å². The first-order valence-corrected chi connectivity index (χ1v) is 6.68. The lowest BCUT2D eigenvalue weighted by molar-refractivity contribution is -0.0751. The third-order valence-corrected chi connectivity index (χ3v) is 3.70. The van der Waals surface area contributed by atoms with Gasteiger partial charge in [0.1, 0.15) is 23.5 Å². The Morgan fingerprint density at radius 3 is 2.68 bits per heavy atom. The smallest absolute Gasteiger partial charge is 0.205 e. The second-order valence-electron chi connectivity index (χ2n) is 5.51. The summed E-state index contributed by atoms with van der Waals surface area (Å²) < 4.78 is 5.79. The number of nitrogens with zero attached hydrogens (tertiary/aromatic N) is 4. The van der Waals surface area contributed by atoms with Gasteiger partial charge in [0.25, 0.3) is 0 Å². The van der Waals surface area contributed by atoms with Crippen LogP contribution in [0.1, 0.15) is 31.0 Å². The van der Waals surface area contributed by atoms with Gasteiger partial charge in [-0.2, -0.15) is 10.5 Å². The number of hydrogen-bond acceptors (Lipinski definition) is 5. The maximum atomic E-state index is 10.6. The van der Waals surface area contributed by atoms with Gasteiger partial charge in [-0.05, 0) is 32.0 Å². The molecule has 2 unspecified atom stereocenters. The van der Waals surface area contributed by atoms with Crippen LogP contribution in [-0.4, -0.2) is 34.7 Å². The number of aliphatic hydroxyl groups is 1. The first-order valence-electron chi connectivity index (χ1n) is 6.68. The van der Waals surface area contributed by atoms with Crippen LogP contribution in [0.2, 0.25) is 0 Å². The van der Waals surface area contributed by atoms with E-state index in [4.69, 9.17) is 15.7 Å². The van der Waals surface area contributed by atoms with Crippen molar-refractivity contribution in [2.75, 3.05) is 7.05 Å². The van der Waals surface area contributed by atoms with E-state index in [9.17, 15) is 10.4 Å². The maximum absolute atomic E-state index is 10.6. The van der Waals surface area contributed by atoms with Crippen LogP contribution >= 0.6 is 0 Å². The lowest BCUT2D eigenvalue weighted by Crippen LogP contribution is -2.54. The highest BCUT2D eigenvalue weighted by Crippen LogP contribution is 2.42. The van der Waals surface area contributed by atoms with Crippen molar-refractivity contribution >= 4 is 5.96 Å². The van der Waals surface area contributed by atoms with Crippen molar-refractivity contribution in [1.82, 2.24) is 4.90 Å².